The van der Waals surface area contributed by atoms with Gasteiger partial charge in [-0.25, -0.2) is 4.98 Å². The third kappa shape index (κ3) is 7.54. The number of nitrogens with zero attached hydrogens (tertiary/aromatic N) is 2. The Hall–Kier alpha value is -5.39. The minimum atomic E-state index is -0.371. The molecule has 1 aromatic heterocycles. The summed E-state index contributed by atoms with van der Waals surface area (Å²) in [6.07, 6.45) is 5.82. The van der Waals surface area contributed by atoms with Crippen molar-refractivity contribution in [3.63, 3.8) is 0 Å². The first-order chi connectivity index (χ1) is 23.3. The van der Waals surface area contributed by atoms with Crippen LogP contribution in [0.5, 0.6) is 5.75 Å². The lowest BCUT2D eigenvalue weighted by atomic mass is 9.37. The predicted octanol–water partition coefficient (Wildman–Crippen LogP) is 6.26. The molecular formula is C42H37BN2OSi. The van der Waals surface area contributed by atoms with Crippen LogP contribution in [-0.2, 0) is 5.16 Å². The molecule has 228 valence electrons. The lowest BCUT2D eigenvalue weighted by Gasteiger charge is -2.36. The van der Waals surface area contributed by atoms with Gasteiger partial charge in [0.15, 0.2) is 0 Å². The highest BCUT2D eigenvalue weighted by Crippen LogP contribution is 2.33. The van der Waals surface area contributed by atoms with E-state index in [1.807, 2.05) is 25.5 Å². The minimum absolute atomic E-state index is 0.309. The molecular weight excluding hydrogens is 587 g/mol. The summed E-state index contributed by atoms with van der Waals surface area (Å²) >= 11 is 0. The first kappa shape index (κ1) is 31.6. The molecule has 0 amide bonds. The van der Waals surface area contributed by atoms with Crippen molar-refractivity contribution in [3.05, 3.63) is 206 Å². The second-order valence-corrected chi connectivity index (χ2v) is 12.7. The summed E-state index contributed by atoms with van der Waals surface area (Å²) in [5, 5.41) is 0.872. The number of benzene rings is 6. The van der Waals surface area contributed by atoms with Crippen LogP contribution in [0.2, 0.25) is 0 Å². The van der Waals surface area contributed by atoms with Crippen LogP contribution >= 0.6 is 0 Å². The van der Waals surface area contributed by atoms with Crippen LogP contribution in [0.15, 0.2) is 195 Å². The number of rotatable bonds is 10. The fourth-order valence-corrected chi connectivity index (χ4v) is 7.74. The number of hydrogen-bond donors (Lipinski definition) is 0. The Kier molecular flexibility index (Phi) is 10.6. The lowest BCUT2D eigenvalue weighted by molar-refractivity contribution is 0.340. The van der Waals surface area contributed by atoms with Crippen LogP contribution in [-0.4, -0.2) is 32.4 Å². The zero-order chi connectivity index (χ0) is 32.2. The molecule has 2 radical (unpaired) electrons. The van der Waals surface area contributed by atoms with E-state index in [1.165, 1.54) is 32.7 Å². The third-order valence-corrected chi connectivity index (χ3v) is 9.94. The highest BCUT2D eigenvalue weighted by Gasteiger charge is 2.37. The van der Waals surface area contributed by atoms with Gasteiger partial charge in [0.1, 0.15) is 15.3 Å². The Labute approximate surface area is 281 Å². The largest absolute Gasteiger partial charge is 0.494 e. The molecule has 7 aromatic rings. The van der Waals surface area contributed by atoms with Crippen LogP contribution in [0, 0.1) is 0 Å². The molecule has 0 atom stereocenters. The second-order valence-electron chi connectivity index (χ2n) is 11.2. The zero-order valence-electron chi connectivity index (χ0n) is 26.6. The van der Waals surface area contributed by atoms with Crippen molar-refractivity contribution in [2.75, 3.05) is 6.61 Å². The van der Waals surface area contributed by atoms with E-state index in [-0.39, 0.29) is 5.16 Å². The third-order valence-electron chi connectivity index (χ3n) is 8.14. The highest BCUT2D eigenvalue weighted by atomic mass is 28.2. The predicted molar refractivity (Wildman–Crippen MR) is 198 cm³/mol. The molecule has 0 N–H and O–H groups in total. The maximum atomic E-state index is 5.75. The van der Waals surface area contributed by atoms with Crippen molar-refractivity contribution in [1.29, 1.82) is 0 Å². The number of ether oxygens (including phenoxy) is 1. The summed E-state index contributed by atoms with van der Waals surface area (Å²) in [4.78, 5) is 4.37. The summed E-state index contributed by atoms with van der Waals surface area (Å²) in [5.74, 6) is 0.910. The maximum Gasteiger partial charge on any atom is 0.241 e. The molecule has 0 spiro atoms. The van der Waals surface area contributed by atoms with Gasteiger partial charge in [0, 0.05) is 12.4 Å². The summed E-state index contributed by atoms with van der Waals surface area (Å²) in [6, 6.07) is 61.8. The fourth-order valence-electron chi connectivity index (χ4n) is 6.04. The molecule has 5 heteroatoms. The van der Waals surface area contributed by atoms with Crippen LogP contribution in [0.25, 0.3) is 0 Å². The van der Waals surface area contributed by atoms with Gasteiger partial charge in [-0.3, -0.25) is 0 Å². The van der Waals surface area contributed by atoms with Crippen LogP contribution in [0.3, 0.4) is 0 Å². The van der Waals surface area contributed by atoms with Crippen LogP contribution < -0.4 is 26.3 Å². The molecule has 0 saturated carbocycles. The van der Waals surface area contributed by atoms with E-state index in [9.17, 15) is 0 Å². The lowest BCUT2D eigenvalue weighted by Crippen LogP contribution is -2.51. The summed E-state index contributed by atoms with van der Waals surface area (Å²) in [5.41, 5.74) is 6.47. The number of imidazole rings is 1. The molecule has 0 bridgehead atoms. The number of aromatic nitrogens is 2. The van der Waals surface area contributed by atoms with Gasteiger partial charge >= 0.3 is 0 Å². The van der Waals surface area contributed by atoms with E-state index < -0.39 is 0 Å². The monoisotopic (exact) mass is 624 g/mol. The van der Waals surface area contributed by atoms with Gasteiger partial charge < -0.3 is 9.30 Å². The SMILES string of the molecule is CCOc1cccc([Si]C(c2ccccc2)(c2ccccc2)n2ccnc2)c1.c1ccc(B(c2ccccc2)c2ccccc2)cc1. The van der Waals surface area contributed by atoms with Crippen molar-refractivity contribution in [3.8, 4) is 5.75 Å². The van der Waals surface area contributed by atoms with Gasteiger partial charge in [-0.1, -0.05) is 185 Å². The molecule has 0 fully saturated rings. The molecule has 0 aliphatic rings. The zero-order valence-corrected chi connectivity index (χ0v) is 27.6. The standard InChI is InChI=1S/C24H22N2OSi.C18H15B/c1-2-27-22-14-9-15-23(18-22)28-24(26-17-16-25-19-26,20-10-5-3-6-11-20)21-12-7-4-8-13-21;1-4-10-16(11-5-1)19(17-12-6-2-7-13-17)18-14-8-3-9-15-18/h3-19H,2H2,1H3;1-15H. The average Bonchev–Trinajstić information content (AvgIpc) is 3.69. The average molecular weight is 625 g/mol. The van der Waals surface area contributed by atoms with Crippen LogP contribution in [0.4, 0.5) is 0 Å². The second kappa shape index (κ2) is 15.7. The molecule has 0 aliphatic carbocycles. The first-order valence-electron chi connectivity index (χ1n) is 16.0. The van der Waals surface area contributed by atoms with Gasteiger partial charge in [0.05, 0.1) is 18.1 Å². The van der Waals surface area contributed by atoms with Crippen molar-refractivity contribution >= 4 is 37.8 Å². The van der Waals surface area contributed by atoms with Crippen LogP contribution in [0.1, 0.15) is 18.1 Å². The Bertz CT molecular complexity index is 1770. The van der Waals surface area contributed by atoms with E-state index in [0.717, 1.165) is 5.75 Å². The molecule has 0 aliphatic heterocycles. The molecule has 7 rings (SSSR count). The van der Waals surface area contributed by atoms with Gasteiger partial charge in [0.2, 0.25) is 6.71 Å². The smallest absolute Gasteiger partial charge is 0.241 e. The molecule has 3 nitrogen and oxygen atoms in total. The normalized spacial score (nSPS) is 10.8. The molecule has 1 heterocycles. The Balaban J connectivity index is 0.000000177. The van der Waals surface area contributed by atoms with Crippen molar-refractivity contribution in [2.24, 2.45) is 0 Å². The molecule has 0 saturated heterocycles. The van der Waals surface area contributed by atoms with E-state index in [4.69, 9.17) is 4.74 Å². The van der Waals surface area contributed by atoms with Crippen molar-refractivity contribution in [1.82, 2.24) is 9.55 Å². The van der Waals surface area contributed by atoms with Crippen molar-refractivity contribution < 1.29 is 4.74 Å². The van der Waals surface area contributed by atoms with E-state index in [2.05, 4.69) is 186 Å². The van der Waals surface area contributed by atoms with Crippen molar-refractivity contribution in [2.45, 2.75) is 12.1 Å². The van der Waals surface area contributed by atoms with E-state index in [0.29, 0.717) is 22.8 Å². The Morgan fingerprint density at radius 3 is 1.49 bits per heavy atom. The first-order valence-corrected chi connectivity index (χ1v) is 17.0. The maximum absolute atomic E-state index is 5.75. The molecule has 47 heavy (non-hydrogen) atoms. The van der Waals surface area contributed by atoms with E-state index in [1.54, 1.807) is 0 Å². The highest BCUT2D eigenvalue weighted by molar-refractivity contribution is 6.95. The Morgan fingerprint density at radius 1 is 0.596 bits per heavy atom. The summed E-state index contributed by atoms with van der Waals surface area (Å²) in [7, 11) is 0.459. The molecule has 6 aromatic carbocycles. The topological polar surface area (TPSA) is 27.1 Å². The fraction of sp³-hybridized carbons (Fsp3) is 0.0714. The molecule has 0 unspecified atom stereocenters. The summed E-state index contributed by atoms with van der Waals surface area (Å²) < 4.78 is 7.97. The van der Waals surface area contributed by atoms with Gasteiger partial charge in [-0.15, -0.1) is 0 Å². The minimum Gasteiger partial charge on any atom is -0.494 e. The van der Waals surface area contributed by atoms with Gasteiger partial charge in [-0.2, -0.15) is 0 Å². The Morgan fingerprint density at radius 2 is 1.06 bits per heavy atom. The van der Waals surface area contributed by atoms with Gasteiger partial charge in [0.25, 0.3) is 0 Å². The van der Waals surface area contributed by atoms with Gasteiger partial charge in [-0.05, 0) is 30.2 Å². The summed E-state index contributed by atoms with van der Waals surface area (Å²) in [6.45, 7) is 2.98. The quantitative estimate of drug-likeness (QED) is 0.168. The van der Waals surface area contributed by atoms with E-state index >= 15 is 0 Å². The number of hydrogen-bond acceptors (Lipinski definition) is 2.